The molecule has 0 bridgehead atoms. The van der Waals surface area contributed by atoms with E-state index in [-0.39, 0.29) is 0 Å². The zero-order chi connectivity index (χ0) is 80.3. The Kier molecular flexibility index (Phi) is 10.9. The van der Waals surface area contributed by atoms with Crippen LogP contribution in [0, 0.1) is 0 Å². The van der Waals surface area contributed by atoms with Crippen LogP contribution in [0.1, 0.15) is 44.3 Å². The number of fused-ring (bicyclic) bond motifs is 35. The maximum absolute atomic E-state index is 8.36. The van der Waals surface area contributed by atoms with Gasteiger partial charge in [0.05, 0.1) is 82.5 Å². The molecule has 15 aromatic heterocycles. The van der Waals surface area contributed by atoms with Crippen LogP contribution in [0.25, 0.3) is 159 Å². The van der Waals surface area contributed by atoms with Gasteiger partial charge in [0.1, 0.15) is 80.1 Å². The van der Waals surface area contributed by atoms with Crippen molar-refractivity contribution in [3.05, 3.63) is 272 Å². The Hall–Kier alpha value is -12.8. The molecule has 20 heterocycles. The average molecular weight is 1450 g/mol. The molecule has 106 heavy (non-hydrogen) atoms. The standard InChI is InChI=1S/C22H17N4.C16H12N3O.C16H12N3S.2C15H12N4S/c1-24-21-18-13-23-12-11-15(18)14-25(21)20-17-9-5-6-10-19(17)26(22(20)24)16-7-3-2-4-8-16;2*1-18-15-12-8-17-7-6-10(12)9-19(15)14-11-4-2-3-5-13(11)20-16(14)18;2*1-17-12-4-2-3-5-13(12)19-15(17)18-9-10-6-7-16-8-11(10)14(18)20-19/h2-13H,14H2,1H3;4*2-8H,9H2,1H3/q3*+1;2*+2/i4*1D3;. The van der Waals surface area contributed by atoms with Crippen LogP contribution in [0.15, 0.2) is 248 Å². The van der Waals surface area contributed by atoms with Crippen molar-refractivity contribution in [1.29, 1.82) is 0 Å². The Morgan fingerprint density at radius 2 is 0.868 bits per heavy atom. The van der Waals surface area contributed by atoms with Gasteiger partial charge in [0.2, 0.25) is 38.2 Å². The molecule has 6 aromatic carbocycles. The van der Waals surface area contributed by atoms with Gasteiger partial charge in [0, 0.05) is 112 Å². The molecule has 0 amide bonds. The first-order valence-corrected chi connectivity index (χ1v) is 36.9. The molecule has 21 aromatic rings. The van der Waals surface area contributed by atoms with Crippen LogP contribution in [0.5, 0.6) is 0 Å². The number of furan rings is 1. The van der Waals surface area contributed by atoms with Crippen molar-refractivity contribution in [2.75, 3.05) is 0 Å². The molecule has 0 saturated heterocycles. The van der Waals surface area contributed by atoms with E-state index in [0.29, 0.717) is 60.5 Å². The Bertz CT molecular complexity index is 7630. The summed E-state index contributed by atoms with van der Waals surface area (Å²) in [6, 6.07) is 59.9. The fourth-order valence-corrected chi connectivity index (χ4v) is 20.1. The Morgan fingerprint density at radius 3 is 1.47 bits per heavy atom. The smallest absolute Gasteiger partial charge is 0.419 e. The fourth-order valence-electron chi connectivity index (χ4n) is 16.5. The van der Waals surface area contributed by atoms with E-state index >= 15 is 0 Å². The number of rotatable bonds is 1. The number of aromatic nitrogens is 18. The van der Waals surface area contributed by atoms with Crippen LogP contribution in [0.2, 0.25) is 0 Å². The lowest BCUT2D eigenvalue weighted by Crippen LogP contribution is -2.42. The number of hydrogen-bond donors (Lipinski definition) is 0. The van der Waals surface area contributed by atoms with Crippen molar-refractivity contribution in [2.45, 2.75) is 32.7 Å². The SMILES string of the molecule is C[n+]1c2ccccc2n2sc3[n+](c21)Cc1ccncc1-3.[2H]C([2H])([2H])[n+]1c2ccccc2n2sc3[n+](c21)Cc1ccncc1-3.[2H]C([2H])([2H])[n+]1c2n(c3c4ccccc4n(-c4ccccc4)c31)Cc1ccncc1-2.[2H]C([2H])([2H])[n+]1c2n(c3c4ccccc4oc31)Cc1ccncc1-2.[2H]C([2H])([2H])[n+]1c2n(c3c4ccccc4sc31)Cc1ccncc1-2. The van der Waals surface area contributed by atoms with Gasteiger partial charge in [-0.25, -0.2) is 27.4 Å². The van der Waals surface area contributed by atoms with Crippen LogP contribution in [0.4, 0.5) is 0 Å². The zero-order valence-electron chi connectivity index (χ0n) is 68.3. The summed E-state index contributed by atoms with van der Waals surface area (Å²) < 4.78 is 129. The number of nitrogens with zero attached hydrogens (tertiary/aromatic N) is 18. The summed E-state index contributed by atoms with van der Waals surface area (Å²) in [5, 5.41) is 5.41. The summed E-state index contributed by atoms with van der Waals surface area (Å²) >= 11 is 4.90. The average Bonchev–Trinajstić information content (AvgIpc) is 1.52. The molecule has 5 aliphatic rings. The van der Waals surface area contributed by atoms with Crippen LogP contribution in [-0.2, 0) is 67.7 Å². The second kappa shape index (κ2) is 23.1. The summed E-state index contributed by atoms with van der Waals surface area (Å²) in [6.45, 7) is -5.57. The summed E-state index contributed by atoms with van der Waals surface area (Å²) in [5.74, 6) is 3.99. The van der Waals surface area contributed by atoms with E-state index in [9.17, 15) is 0 Å². The van der Waals surface area contributed by atoms with E-state index in [1.807, 2.05) is 166 Å². The Morgan fingerprint density at radius 1 is 0.406 bits per heavy atom. The highest BCUT2D eigenvalue weighted by molar-refractivity contribution is 7.25. The van der Waals surface area contributed by atoms with Crippen molar-refractivity contribution < 1.29 is 52.8 Å². The third-order valence-electron chi connectivity index (χ3n) is 21.1. The highest BCUT2D eigenvalue weighted by Gasteiger charge is 2.43. The molecule has 0 spiro atoms. The summed E-state index contributed by atoms with van der Waals surface area (Å²) in [6.07, 6.45) is 18.0. The monoisotopic (exact) mass is 1450 g/mol. The first-order valence-electron chi connectivity index (χ1n) is 40.5. The second-order valence-electron chi connectivity index (χ2n) is 26.8. The summed E-state index contributed by atoms with van der Waals surface area (Å²) in [5.41, 5.74) is 21.4. The molecule has 0 radical (unpaired) electrons. The predicted molar refractivity (Wildman–Crippen MR) is 411 cm³/mol. The molecular formula is C84H65N18OS3+7. The van der Waals surface area contributed by atoms with Gasteiger partial charge in [-0.15, -0.1) is 18.3 Å². The van der Waals surface area contributed by atoms with Gasteiger partial charge < -0.3 is 4.42 Å². The predicted octanol–water partition coefficient (Wildman–Crippen LogP) is 13.0. The van der Waals surface area contributed by atoms with Crippen molar-refractivity contribution in [2.24, 2.45) is 35.0 Å². The highest BCUT2D eigenvalue weighted by atomic mass is 32.1. The number of hydrogen-bond acceptors (Lipinski definition) is 9. The van der Waals surface area contributed by atoms with Gasteiger partial charge in [-0.05, 0) is 98.6 Å². The number of imidazole rings is 5. The third kappa shape index (κ3) is 8.64. The molecule has 0 aliphatic carbocycles. The molecule has 5 aliphatic heterocycles. The molecule has 0 N–H and O–H groups in total. The molecule has 19 nitrogen and oxygen atoms in total. The van der Waals surface area contributed by atoms with E-state index in [0.717, 1.165) is 121 Å². The maximum Gasteiger partial charge on any atom is 0.552 e. The van der Waals surface area contributed by atoms with Gasteiger partial charge in [0.25, 0.3) is 27.3 Å². The normalized spacial score (nSPS) is 15.1. The van der Waals surface area contributed by atoms with Crippen LogP contribution < -0.4 is 32.0 Å². The minimum absolute atomic E-state index is 0.385. The number of thiophene rings is 1. The number of para-hydroxylation sites is 7. The van der Waals surface area contributed by atoms with E-state index in [1.165, 1.54) is 68.1 Å². The molecule has 508 valence electrons. The molecule has 26 rings (SSSR count). The van der Waals surface area contributed by atoms with E-state index < -0.39 is 27.9 Å². The Balaban J connectivity index is 0.0000000894. The quantitative estimate of drug-likeness (QED) is 0.150. The van der Waals surface area contributed by atoms with Crippen molar-refractivity contribution in [3.8, 4) is 61.0 Å². The molecule has 0 saturated carbocycles. The number of aryl methyl sites for hydroxylation is 5. The van der Waals surface area contributed by atoms with Crippen LogP contribution in [-0.4, -0.2) is 50.8 Å². The lowest BCUT2D eigenvalue weighted by Gasteiger charge is -2.03. The zero-order valence-corrected chi connectivity index (χ0v) is 58.8. The molecule has 0 unspecified atom stereocenters. The summed E-state index contributed by atoms with van der Waals surface area (Å²) in [7, 11) is 2.14. The summed E-state index contributed by atoms with van der Waals surface area (Å²) in [4.78, 5) is 21.9. The lowest BCUT2D eigenvalue weighted by atomic mass is 10.2. The minimum Gasteiger partial charge on any atom is -0.419 e. The van der Waals surface area contributed by atoms with Gasteiger partial charge in [-0.2, -0.15) is 4.57 Å². The van der Waals surface area contributed by atoms with Crippen molar-refractivity contribution in [1.82, 2.24) is 50.8 Å². The topological polar surface area (TPSA) is 133 Å². The number of benzene rings is 6. The molecule has 22 heteroatoms. The van der Waals surface area contributed by atoms with Crippen molar-refractivity contribution in [3.63, 3.8) is 0 Å². The fraction of sp³-hybridized carbons (Fsp3) is 0.119. The molecule has 0 fully saturated rings. The van der Waals surface area contributed by atoms with Crippen molar-refractivity contribution >= 4 is 133 Å². The van der Waals surface area contributed by atoms with E-state index in [2.05, 4.69) is 106 Å². The minimum atomic E-state index is -2.34. The lowest BCUT2D eigenvalue weighted by molar-refractivity contribution is -0.742. The molecule has 0 atom stereocenters. The van der Waals surface area contributed by atoms with Gasteiger partial charge in [-0.3, -0.25) is 24.9 Å². The van der Waals surface area contributed by atoms with Crippen LogP contribution >= 0.6 is 34.4 Å². The van der Waals surface area contributed by atoms with E-state index in [4.69, 9.17) is 20.9 Å². The third-order valence-corrected chi connectivity index (χ3v) is 24.6. The Labute approximate surface area is 633 Å². The second-order valence-corrected chi connectivity index (χ2v) is 29.7. The van der Waals surface area contributed by atoms with Crippen LogP contribution in [0.3, 0.4) is 0 Å². The van der Waals surface area contributed by atoms with E-state index in [1.54, 1.807) is 66.4 Å². The van der Waals surface area contributed by atoms with Gasteiger partial charge >= 0.3 is 17.3 Å². The van der Waals surface area contributed by atoms with Gasteiger partial charge in [-0.1, -0.05) is 90.2 Å². The number of pyridine rings is 5. The molecular weight excluding hydrogens is 1370 g/mol. The highest BCUT2D eigenvalue weighted by Crippen LogP contribution is 2.43. The van der Waals surface area contributed by atoms with Gasteiger partial charge in [0.15, 0.2) is 11.0 Å². The maximum atomic E-state index is 8.36. The largest absolute Gasteiger partial charge is 0.552 e. The first kappa shape index (κ1) is 49.8. The first-order chi connectivity index (χ1) is 57.1.